The molecule has 3 aliphatic carbocycles. The first-order valence-corrected chi connectivity index (χ1v) is 10.7. The molecule has 1 aliphatic heterocycles. The number of hydrogen-bond donors (Lipinski definition) is 0. The summed E-state index contributed by atoms with van der Waals surface area (Å²) in [5.74, 6) is 0. The minimum absolute atomic E-state index is 0.966. The first-order chi connectivity index (χ1) is 13.9. The lowest BCUT2D eigenvalue weighted by Crippen LogP contribution is -2.23. The summed E-state index contributed by atoms with van der Waals surface area (Å²) in [6.45, 7) is 2.18. The van der Waals surface area contributed by atoms with Crippen LogP contribution in [0.25, 0.3) is 16.7 Å². The van der Waals surface area contributed by atoms with E-state index >= 15 is 0 Å². The average molecular weight is 364 g/mol. The van der Waals surface area contributed by atoms with Gasteiger partial charge in [0, 0.05) is 13.1 Å². The number of anilines is 1. The molecule has 1 saturated heterocycles. The van der Waals surface area contributed by atoms with Crippen molar-refractivity contribution in [2.75, 3.05) is 18.0 Å². The van der Waals surface area contributed by atoms with Crippen LogP contribution in [-0.2, 0) is 19.3 Å². The van der Waals surface area contributed by atoms with Crippen molar-refractivity contribution in [3.05, 3.63) is 69.8 Å². The third-order valence-corrected chi connectivity index (χ3v) is 7.08. The van der Waals surface area contributed by atoms with Crippen LogP contribution in [0.2, 0.25) is 0 Å². The van der Waals surface area contributed by atoms with Gasteiger partial charge in [0.25, 0.3) is 0 Å². The Bertz CT molecular complexity index is 1100. The second-order valence-corrected chi connectivity index (χ2v) is 8.53. The molecule has 0 spiro atoms. The Morgan fingerprint density at radius 1 is 0.929 bits per heavy atom. The number of nitrogens with zero attached hydrogens (tertiary/aromatic N) is 2. The van der Waals surface area contributed by atoms with E-state index in [-0.39, 0.29) is 0 Å². The first-order valence-electron chi connectivity index (χ1n) is 10.7. The molecule has 0 atom stereocenters. The zero-order valence-corrected chi connectivity index (χ0v) is 16.2. The van der Waals surface area contributed by atoms with Crippen LogP contribution in [-0.4, -0.2) is 13.1 Å². The highest BCUT2D eigenvalue weighted by Crippen LogP contribution is 2.52. The van der Waals surface area contributed by atoms with Gasteiger partial charge in [0.15, 0.2) is 0 Å². The molecule has 2 aromatic rings. The predicted molar refractivity (Wildman–Crippen MR) is 114 cm³/mol. The predicted octanol–water partition coefficient (Wildman–Crippen LogP) is 5.58. The molecule has 0 saturated carbocycles. The summed E-state index contributed by atoms with van der Waals surface area (Å²) in [6.07, 6.45) is 12.5. The molecule has 28 heavy (non-hydrogen) atoms. The second kappa shape index (κ2) is 6.11. The van der Waals surface area contributed by atoms with Gasteiger partial charge >= 0.3 is 0 Å². The standard InChI is InChI=1S/C26H24N2/c27-16-23-22-15-18-8-2-4-10-20(18)25(22)24-19-9-3-1-7-17(19)11-12-21(24)26(23)28-13-5-6-14-28/h1,3-4,7,9-10H,2,5-6,8,11-15H2. The van der Waals surface area contributed by atoms with Crippen molar-refractivity contribution in [3.8, 4) is 17.2 Å². The smallest absolute Gasteiger partial charge is 0.102 e. The highest BCUT2D eigenvalue weighted by molar-refractivity contribution is 5.99. The number of rotatable bonds is 1. The molecule has 0 N–H and O–H groups in total. The van der Waals surface area contributed by atoms with Gasteiger partial charge in [-0.25, -0.2) is 0 Å². The van der Waals surface area contributed by atoms with Crippen LogP contribution < -0.4 is 4.90 Å². The Morgan fingerprint density at radius 2 is 1.79 bits per heavy atom. The Hall–Kier alpha value is -2.79. The number of nitriles is 1. The summed E-state index contributed by atoms with van der Waals surface area (Å²) in [7, 11) is 0. The lowest BCUT2D eigenvalue weighted by molar-refractivity contribution is 0.893. The highest BCUT2D eigenvalue weighted by Gasteiger charge is 2.35. The lowest BCUT2D eigenvalue weighted by Gasteiger charge is -2.31. The van der Waals surface area contributed by atoms with Gasteiger partial charge in [-0.2, -0.15) is 5.26 Å². The summed E-state index contributed by atoms with van der Waals surface area (Å²) >= 11 is 0. The molecule has 0 amide bonds. The molecule has 0 unspecified atom stereocenters. The van der Waals surface area contributed by atoms with E-state index in [1.54, 1.807) is 0 Å². The zero-order valence-electron chi connectivity index (χ0n) is 16.2. The maximum absolute atomic E-state index is 10.3. The number of benzene rings is 2. The van der Waals surface area contributed by atoms with Gasteiger partial charge in [-0.3, -0.25) is 0 Å². The van der Waals surface area contributed by atoms with Gasteiger partial charge in [-0.15, -0.1) is 0 Å². The summed E-state index contributed by atoms with van der Waals surface area (Å²) in [5.41, 5.74) is 13.6. The van der Waals surface area contributed by atoms with Gasteiger partial charge in [0.2, 0.25) is 0 Å². The fourth-order valence-electron chi connectivity index (χ4n) is 5.87. The van der Waals surface area contributed by atoms with Crippen LogP contribution in [0.5, 0.6) is 0 Å². The Balaban J connectivity index is 1.72. The minimum Gasteiger partial charge on any atom is -0.370 e. The van der Waals surface area contributed by atoms with E-state index in [4.69, 9.17) is 0 Å². The van der Waals surface area contributed by atoms with Crippen molar-refractivity contribution in [1.29, 1.82) is 5.26 Å². The molecule has 138 valence electrons. The largest absolute Gasteiger partial charge is 0.370 e. The fraction of sp³-hybridized carbons (Fsp3) is 0.346. The van der Waals surface area contributed by atoms with Crippen LogP contribution in [0.15, 0.2) is 42.0 Å². The van der Waals surface area contributed by atoms with Gasteiger partial charge in [0.1, 0.15) is 6.07 Å². The summed E-state index contributed by atoms with van der Waals surface area (Å²) < 4.78 is 0. The molecule has 0 aromatic heterocycles. The van der Waals surface area contributed by atoms with E-state index in [0.29, 0.717) is 0 Å². The maximum atomic E-state index is 10.3. The Labute approximate surface area is 166 Å². The molecular formula is C26H24N2. The molecule has 2 nitrogen and oxygen atoms in total. The Kier molecular flexibility index (Phi) is 3.53. The number of allylic oxidation sites excluding steroid dienone is 4. The van der Waals surface area contributed by atoms with Crippen LogP contribution in [0, 0.1) is 11.3 Å². The minimum atomic E-state index is 0.966. The van der Waals surface area contributed by atoms with Crippen molar-refractivity contribution < 1.29 is 0 Å². The number of aryl methyl sites for hydroxylation is 1. The fourth-order valence-corrected chi connectivity index (χ4v) is 5.87. The van der Waals surface area contributed by atoms with Crippen LogP contribution in [0.4, 0.5) is 5.69 Å². The van der Waals surface area contributed by atoms with Crippen molar-refractivity contribution in [3.63, 3.8) is 0 Å². The highest BCUT2D eigenvalue weighted by atomic mass is 15.1. The van der Waals surface area contributed by atoms with Gasteiger partial charge < -0.3 is 4.90 Å². The van der Waals surface area contributed by atoms with Crippen molar-refractivity contribution in [2.24, 2.45) is 0 Å². The van der Waals surface area contributed by atoms with Crippen LogP contribution >= 0.6 is 0 Å². The molecule has 2 aromatic carbocycles. The molecule has 0 bridgehead atoms. The second-order valence-electron chi connectivity index (χ2n) is 8.53. The lowest BCUT2D eigenvalue weighted by atomic mass is 9.77. The third kappa shape index (κ3) is 2.14. The maximum Gasteiger partial charge on any atom is 0.102 e. The van der Waals surface area contributed by atoms with E-state index < -0.39 is 0 Å². The number of hydrogen-bond acceptors (Lipinski definition) is 2. The molecule has 0 radical (unpaired) electrons. The summed E-state index contributed by atoms with van der Waals surface area (Å²) in [5, 5.41) is 10.3. The van der Waals surface area contributed by atoms with E-state index in [1.807, 2.05) is 0 Å². The van der Waals surface area contributed by atoms with Gasteiger partial charge in [-0.05, 0) is 83.9 Å². The molecule has 6 rings (SSSR count). The van der Waals surface area contributed by atoms with Gasteiger partial charge in [0.05, 0.1) is 11.3 Å². The van der Waals surface area contributed by atoms with E-state index in [0.717, 1.165) is 50.8 Å². The van der Waals surface area contributed by atoms with Gasteiger partial charge in [-0.1, -0.05) is 42.0 Å². The number of fused-ring (bicyclic) bond motifs is 6. The van der Waals surface area contributed by atoms with E-state index in [1.165, 1.54) is 63.1 Å². The summed E-state index contributed by atoms with van der Waals surface area (Å²) in [6, 6.07) is 11.6. The monoisotopic (exact) mass is 364 g/mol. The van der Waals surface area contributed by atoms with Crippen molar-refractivity contribution >= 4 is 11.3 Å². The third-order valence-electron chi connectivity index (χ3n) is 7.08. The summed E-state index contributed by atoms with van der Waals surface area (Å²) in [4.78, 5) is 2.51. The zero-order chi connectivity index (χ0) is 18.7. The molecule has 1 fully saturated rings. The average Bonchev–Trinajstić information content (AvgIpc) is 3.40. The van der Waals surface area contributed by atoms with Crippen LogP contribution in [0.1, 0.15) is 53.5 Å². The Morgan fingerprint density at radius 3 is 2.64 bits per heavy atom. The molecule has 4 aliphatic rings. The van der Waals surface area contributed by atoms with Crippen molar-refractivity contribution in [2.45, 2.75) is 44.9 Å². The molecule has 2 heteroatoms. The topological polar surface area (TPSA) is 27.0 Å². The first kappa shape index (κ1) is 16.2. The molecule has 1 heterocycles. The van der Waals surface area contributed by atoms with E-state index in [9.17, 15) is 5.26 Å². The quantitative estimate of drug-likeness (QED) is 0.660. The normalized spacial score (nSPS) is 19.2. The molecular weight excluding hydrogens is 340 g/mol. The van der Waals surface area contributed by atoms with E-state index in [2.05, 4.69) is 47.4 Å². The van der Waals surface area contributed by atoms with Crippen molar-refractivity contribution in [1.82, 2.24) is 0 Å². The van der Waals surface area contributed by atoms with Crippen LogP contribution in [0.3, 0.4) is 0 Å². The SMILES string of the molecule is N#Cc1c2c(c3c(c1N1CCCC1)CCc1ccccc1-3)C1=C(CCC=C1)C2.